The molecule has 1 fully saturated rings. The van der Waals surface area contributed by atoms with Crippen LogP contribution in [0.25, 0.3) is 0 Å². The first-order chi connectivity index (χ1) is 15.3. The second-order valence-corrected chi connectivity index (χ2v) is 10.7. The molecule has 2 aliphatic heterocycles. The largest absolute Gasteiger partial charge is 0.373 e. The number of anilines is 1. The Hall–Kier alpha value is -2.42. The quantitative estimate of drug-likeness (QED) is 0.721. The van der Waals surface area contributed by atoms with E-state index in [-0.39, 0.29) is 30.4 Å². The molecular weight excluding hydrogens is 426 g/mol. The lowest BCUT2D eigenvalue weighted by Crippen LogP contribution is -2.49. The molecule has 2 aromatic carbocycles. The van der Waals surface area contributed by atoms with Crippen molar-refractivity contribution in [2.45, 2.75) is 39.0 Å². The van der Waals surface area contributed by atoms with Crippen LogP contribution in [0.4, 0.5) is 5.69 Å². The van der Waals surface area contributed by atoms with E-state index >= 15 is 0 Å². The molecule has 2 heterocycles. The van der Waals surface area contributed by atoms with E-state index in [2.05, 4.69) is 34.5 Å². The van der Waals surface area contributed by atoms with Crippen molar-refractivity contribution < 1.29 is 17.9 Å². The summed E-state index contributed by atoms with van der Waals surface area (Å²) < 4.78 is 32.3. The molecule has 32 heavy (non-hydrogen) atoms. The van der Waals surface area contributed by atoms with Crippen LogP contribution >= 0.6 is 0 Å². The first-order valence-corrected chi connectivity index (χ1v) is 12.8. The molecule has 0 aliphatic carbocycles. The smallest absolute Gasteiger partial charge is 0.251 e. The van der Waals surface area contributed by atoms with Gasteiger partial charge in [0, 0.05) is 44.0 Å². The average Bonchev–Trinajstić information content (AvgIpc) is 2.78. The molecule has 7 nitrogen and oxygen atoms in total. The molecule has 2 aromatic rings. The van der Waals surface area contributed by atoms with Crippen LogP contribution in [-0.4, -0.2) is 62.8 Å². The first kappa shape index (κ1) is 22.8. The van der Waals surface area contributed by atoms with Gasteiger partial charge in [-0.25, -0.2) is 8.42 Å². The number of hydrogen-bond acceptors (Lipinski definition) is 5. The monoisotopic (exact) mass is 457 g/mol. The van der Waals surface area contributed by atoms with Crippen LogP contribution in [0.15, 0.2) is 48.5 Å². The lowest BCUT2D eigenvalue weighted by molar-refractivity contribution is -0.0440. The van der Waals surface area contributed by atoms with Gasteiger partial charge in [0.2, 0.25) is 10.0 Å². The van der Waals surface area contributed by atoms with Crippen molar-refractivity contribution in [1.82, 2.24) is 9.62 Å². The Morgan fingerprint density at radius 2 is 1.69 bits per heavy atom. The number of benzene rings is 2. The van der Waals surface area contributed by atoms with Gasteiger partial charge in [-0.15, -0.1) is 0 Å². The first-order valence-electron chi connectivity index (χ1n) is 11.1. The zero-order valence-electron chi connectivity index (χ0n) is 18.7. The minimum absolute atomic E-state index is 0.0753. The predicted molar refractivity (Wildman–Crippen MR) is 125 cm³/mol. The van der Waals surface area contributed by atoms with E-state index in [1.54, 1.807) is 12.1 Å². The SMILES string of the molecule is CC1CN(S(=O)(=O)CCNC(=O)c2ccc(N3CCc4ccccc4C3)cc2)CC(C)O1. The zero-order chi connectivity index (χ0) is 22.7. The third kappa shape index (κ3) is 5.31. The van der Waals surface area contributed by atoms with E-state index in [4.69, 9.17) is 4.74 Å². The fraction of sp³-hybridized carbons (Fsp3) is 0.458. The summed E-state index contributed by atoms with van der Waals surface area (Å²) in [6.45, 7) is 6.31. The van der Waals surface area contributed by atoms with Crippen molar-refractivity contribution in [2.75, 3.05) is 36.8 Å². The van der Waals surface area contributed by atoms with E-state index in [1.165, 1.54) is 15.4 Å². The normalized spacial score (nSPS) is 21.8. The molecule has 2 aliphatic rings. The van der Waals surface area contributed by atoms with E-state index in [0.717, 1.165) is 25.2 Å². The molecule has 4 rings (SSSR count). The number of nitrogens with zero attached hydrogens (tertiary/aromatic N) is 2. The highest BCUT2D eigenvalue weighted by Crippen LogP contribution is 2.24. The number of ether oxygens (including phenoxy) is 1. The van der Waals surface area contributed by atoms with Gasteiger partial charge in [0.1, 0.15) is 0 Å². The van der Waals surface area contributed by atoms with Crippen LogP contribution in [-0.2, 0) is 27.7 Å². The molecule has 0 saturated carbocycles. The summed E-state index contributed by atoms with van der Waals surface area (Å²) in [5.41, 5.74) is 4.34. The second-order valence-electron chi connectivity index (χ2n) is 8.63. The molecule has 1 saturated heterocycles. The maximum atomic E-state index is 12.6. The van der Waals surface area contributed by atoms with Crippen molar-refractivity contribution in [3.63, 3.8) is 0 Å². The molecule has 2 unspecified atom stereocenters. The number of carbonyl (C=O) groups is 1. The molecule has 1 N–H and O–H groups in total. The van der Waals surface area contributed by atoms with Gasteiger partial charge in [0.25, 0.3) is 5.91 Å². The number of nitrogens with one attached hydrogen (secondary N) is 1. The Morgan fingerprint density at radius 1 is 1.03 bits per heavy atom. The van der Waals surface area contributed by atoms with Gasteiger partial charge in [-0.05, 0) is 55.7 Å². The standard InChI is InChI=1S/C24H31N3O4S/c1-18-15-27(16-19(2)31-18)32(29,30)14-12-25-24(28)21-7-9-23(10-8-21)26-13-11-20-5-3-4-6-22(20)17-26/h3-10,18-19H,11-17H2,1-2H3,(H,25,28). The Balaban J connectivity index is 1.30. The Kier molecular flexibility index (Phi) is 6.83. The minimum Gasteiger partial charge on any atom is -0.373 e. The number of amides is 1. The average molecular weight is 458 g/mol. The highest BCUT2D eigenvalue weighted by molar-refractivity contribution is 7.89. The van der Waals surface area contributed by atoms with Crippen LogP contribution < -0.4 is 10.2 Å². The lowest BCUT2D eigenvalue weighted by Gasteiger charge is -2.34. The third-order valence-electron chi connectivity index (χ3n) is 6.05. The summed E-state index contributed by atoms with van der Waals surface area (Å²) in [5.74, 6) is -0.386. The summed E-state index contributed by atoms with van der Waals surface area (Å²) in [6, 6.07) is 16.0. The van der Waals surface area contributed by atoms with Crippen LogP contribution in [0.1, 0.15) is 35.3 Å². The van der Waals surface area contributed by atoms with Crippen molar-refractivity contribution in [1.29, 1.82) is 0 Å². The molecule has 0 aromatic heterocycles. The number of morpholine rings is 1. The second kappa shape index (κ2) is 9.60. The highest BCUT2D eigenvalue weighted by atomic mass is 32.2. The van der Waals surface area contributed by atoms with E-state index < -0.39 is 10.0 Å². The molecule has 0 spiro atoms. The summed E-state index contributed by atoms with van der Waals surface area (Å²) in [6.07, 6.45) is 0.748. The number of fused-ring (bicyclic) bond motifs is 1. The van der Waals surface area contributed by atoms with Crippen LogP contribution in [0.3, 0.4) is 0 Å². The van der Waals surface area contributed by atoms with Crippen LogP contribution in [0.2, 0.25) is 0 Å². The molecule has 8 heteroatoms. The van der Waals surface area contributed by atoms with Gasteiger partial charge in [-0.3, -0.25) is 4.79 Å². The van der Waals surface area contributed by atoms with Crippen molar-refractivity contribution in [3.8, 4) is 0 Å². The van der Waals surface area contributed by atoms with Gasteiger partial charge in [0.05, 0.1) is 18.0 Å². The van der Waals surface area contributed by atoms with Crippen LogP contribution in [0, 0.1) is 0 Å². The van der Waals surface area contributed by atoms with Crippen molar-refractivity contribution >= 4 is 21.6 Å². The van der Waals surface area contributed by atoms with E-state index in [0.29, 0.717) is 18.7 Å². The van der Waals surface area contributed by atoms with Gasteiger partial charge in [-0.2, -0.15) is 4.31 Å². The van der Waals surface area contributed by atoms with Gasteiger partial charge in [-0.1, -0.05) is 24.3 Å². The summed E-state index contributed by atoms with van der Waals surface area (Å²) in [7, 11) is -3.44. The minimum atomic E-state index is -3.44. The van der Waals surface area contributed by atoms with Crippen molar-refractivity contribution in [2.24, 2.45) is 0 Å². The molecule has 172 valence electrons. The molecular formula is C24H31N3O4S. The van der Waals surface area contributed by atoms with Gasteiger partial charge in [0.15, 0.2) is 0 Å². The molecule has 0 bridgehead atoms. The molecule has 0 radical (unpaired) electrons. The van der Waals surface area contributed by atoms with Gasteiger partial charge >= 0.3 is 0 Å². The fourth-order valence-electron chi connectivity index (χ4n) is 4.42. The van der Waals surface area contributed by atoms with E-state index in [1.807, 2.05) is 26.0 Å². The topological polar surface area (TPSA) is 79.0 Å². The number of hydrogen-bond donors (Lipinski definition) is 1. The van der Waals surface area contributed by atoms with Gasteiger partial charge < -0.3 is 15.0 Å². The number of rotatable bonds is 6. The van der Waals surface area contributed by atoms with Crippen molar-refractivity contribution in [3.05, 3.63) is 65.2 Å². The Labute approximate surface area is 190 Å². The highest BCUT2D eigenvalue weighted by Gasteiger charge is 2.30. The fourth-order valence-corrected chi connectivity index (χ4v) is 5.91. The number of carbonyl (C=O) groups excluding carboxylic acids is 1. The molecule has 2 atom stereocenters. The number of sulfonamides is 1. The maximum absolute atomic E-state index is 12.6. The summed E-state index contributed by atoms with van der Waals surface area (Å²) in [4.78, 5) is 14.8. The predicted octanol–water partition coefficient (Wildman–Crippen LogP) is 2.42. The third-order valence-corrected chi connectivity index (χ3v) is 7.86. The summed E-state index contributed by atoms with van der Waals surface area (Å²) >= 11 is 0. The van der Waals surface area contributed by atoms with E-state index in [9.17, 15) is 13.2 Å². The zero-order valence-corrected chi connectivity index (χ0v) is 19.5. The molecule has 1 amide bonds. The Morgan fingerprint density at radius 3 is 2.38 bits per heavy atom. The van der Waals surface area contributed by atoms with Crippen LogP contribution in [0.5, 0.6) is 0 Å². The Bertz CT molecular complexity index is 1050. The maximum Gasteiger partial charge on any atom is 0.251 e. The summed E-state index contributed by atoms with van der Waals surface area (Å²) in [5, 5.41) is 2.74. The lowest BCUT2D eigenvalue weighted by atomic mass is 9.99.